The number of carbonyl (C=O) groups is 1. The zero-order valence-corrected chi connectivity index (χ0v) is 13.6. The molecule has 3 rings (SSSR count). The van der Waals surface area contributed by atoms with Crippen molar-refractivity contribution in [2.75, 3.05) is 5.32 Å². The van der Waals surface area contributed by atoms with E-state index in [1.54, 1.807) is 29.8 Å². The number of anilines is 1. The van der Waals surface area contributed by atoms with Gasteiger partial charge in [-0.05, 0) is 43.7 Å². The smallest absolute Gasteiger partial charge is 0.259 e. The van der Waals surface area contributed by atoms with Gasteiger partial charge in [0.1, 0.15) is 11.5 Å². The molecule has 24 heavy (non-hydrogen) atoms. The predicted octanol–water partition coefficient (Wildman–Crippen LogP) is 3.36. The Labute approximate surface area is 139 Å². The van der Waals surface area contributed by atoms with Gasteiger partial charge in [0.15, 0.2) is 0 Å². The predicted molar refractivity (Wildman–Crippen MR) is 92.4 cm³/mol. The molecule has 3 aromatic rings. The average Bonchev–Trinajstić information content (AvgIpc) is 2.89. The molecule has 5 heteroatoms. The van der Waals surface area contributed by atoms with Crippen LogP contribution in [0, 0.1) is 13.8 Å². The highest BCUT2D eigenvalue weighted by molar-refractivity contribution is 6.05. The topological polar surface area (TPSA) is 64.2 Å². The van der Waals surface area contributed by atoms with E-state index >= 15 is 0 Å². The molecule has 0 spiro atoms. The monoisotopic (exact) mass is 322 g/mol. The second-order valence-electron chi connectivity index (χ2n) is 5.65. The van der Waals surface area contributed by atoms with Crippen LogP contribution in [0.4, 0.5) is 5.69 Å². The quantitative estimate of drug-likeness (QED) is 0.801. The van der Waals surface area contributed by atoms with Gasteiger partial charge in [-0.3, -0.25) is 9.59 Å². The second-order valence-corrected chi connectivity index (χ2v) is 5.65. The summed E-state index contributed by atoms with van der Waals surface area (Å²) in [5, 5.41) is 2.87. The Morgan fingerprint density at radius 1 is 1.12 bits per heavy atom. The molecule has 0 saturated carbocycles. The Bertz CT molecular complexity index is 938. The molecule has 1 amide bonds. The maximum Gasteiger partial charge on any atom is 0.259 e. The van der Waals surface area contributed by atoms with E-state index in [-0.39, 0.29) is 11.5 Å². The molecule has 5 nitrogen and oxygen atoms in total. The highest BCUT2D eigenvalue weighted by Crippen LogP contribution is 2.17. The Morgan fingerprint density at radius 2 is 1.96 bits per heavy atom. The van der Waals surface area contributed by atoms with Gasteiger partial charge in [0, 0.05) is 18.0 Å². The van der Waals surface area contributed by atoms with Crippen LogP contribution in [-0.2, 0) is 6.54 Å². The Balaban J connectivity index is 1.78. The maximum absolute atomic E-state index is 12.3. The lowest BCUT2D eigenvalue weighted by molar-refractivity contribution is 0.102. The lowest BCUT2D eigenvalue weighted by atomic mass is 10.1. The number of aromatic nitrogens is 1. The third-order valence-corrected chi connectivity index (χ3v) is 3.72. The van der Waals surface area contributed by atoms with Gasteiger partial charge in [0.25, 0.3) is 11.5 Å². The summed E-state index contributed by atoms with van der Waals surface area (Å²) in [6, 6.07) is 14.2. The average molecular weight is 322 g/mol. The van der Waals surface area contributed by atoms with Crippen LogP contribution in [0.2, 0.25) is 0 Å². The van der Waals surface area contributed by atoms with Gasteiger partial charge in [-0.15, -0.1) is 0 Å². The number of nitrogens with zero attached hydrogens (tertiary/aromatic N) is 1. The molecule has 2 aromatic heterocycles. The first-order chi connectivity index (χ1) is 11.5. The van der Waals surface area contributed by atoms with Crippen molar-refractivity contribution in [1.82, 2.24) is 4.57 Å². The minimum absolute atomic E-state index is 0.0589. The fraction of sp³-hybridized carbons (Fsp3) is 0.158. The van der Waals surface area contributed by atoms with E-state index in [1.807, 2.05) is 37.3 Å². The van der Waals surface area contributed by atoms with Crippen molar-refractivity contribution in [1.29, 1.82) is 0 Å². The van der Waals surface area contributed by atoms with E-state index in [1.165, 1.54) is 6.07 Å². The summed E-state index contributed by atoms with van der Waals surface area (Å²) in [7, 11) is 0. The summed E-state index contributed by atoms with van der Waals surface area (Å²) >= 11 is 0. The largest absolute Gasteiger partial charge is 0.466 e. The molecule has 2 heterocycles. The third kappa shape index (κ3) is 3.46. The van der Waals surface area contributed by atoms with Crippen LogP contribution in [0.3, 0.4) is 0 Å². The molecule has 0 bridgehead atoms. The number of hydrogen-bond donors (Lipinski definition) is 1. The molecule has 1 aromatic carbocycles. The molecule has 0 aliphatic heterocycles. The number of aryl methyl sites for hydroxylation is 2. The number of nitrogens with one attached hydrogen (secondary N) is 1. The van der Waals surface area contributed by atoms with Crippen LogP contribution < -0.4 is 10.9 Å². The molecule has 0 aliphatic carbocycles. The summed E-state index contributed by atoms with van der Waals surface area (Å²) < 4.78 is 7.01. The lowest BCUT2D eigenvalue weighted by Crippen LogP contribution is -2.18. The zero-order valence-electron chi connectivity index (χ0n) is 13.6. The van der Waals surface area contributed by atoms with Crippen molar-refractivity contribution in [2.45, 2.75) is 20.4 Å². The van der Waals surface area contributed by atoms with E-state index in [0.29, 0.717) is 29.3 Å². The SMILES string of the molecule is Cc1cc(C(=O)Nc2cccc(Cn3ccccc3=O)c2)c(C)o1. The standard InChI is InChI=1S/C19H18N2O3/c1-13-10-17(14(2)24-13)19(23)20-16-7-5-6-15(11-16)12-21-9-4-3-8-18(21)22/h3-11H,12H2,1-2H3,(H,20,23). The second kappa shape index (κ2) is 6.58. The van der Waals surface area contributed by atoms with E-state index < -0.39 is 0 Å². The summed E-state index contributed by atoms with van der Waals surface area (Å²) in [6.45, 7) is 4.02. The summed E-state index contributed by atoms with van der Waals surface area (Å²) in [5.41, 5.74) is 2.08. The number of carbonyl (C=O) groups excluding carboxylic acids is 1. The Hall–Kier alpha value is -3.08. The number of furan rings is 1. The lowest BCUT2D eigenvalue weighted by Gasteiger charge is -2.08. The van der Waals surface area contributed by atoms with Crippen molar-refractivity contribution in [3.8, 4) is 0 Å². The zero-order chi connectivity index (χ0) is 17.1. The molecule has 1 N–H and O–H groups in total. The number of benzene rings is 1. The molecule has 0 unspecified atom stereocenters. The number of rotatable bonds is 4. The summed E-state index contributed by atoms with van der Waals surface area (Å²) in [5.74, 6) is 1.09. The number of pyridine rings is 1. The molecule has 0 saturated heterocycles. The van der Waals surface area contributed by atoms with Crippen LogP contribution in [0.5, 0.6) is 0 Å². The number of amides is 1. The van der Waals surface area contributed by atoms with Crippen molar-refractivity contribution in [3.05, 3.63) is 87.7 Å². The molecule has 0 fully saturated rings. The minimum atomic E-state index is -0.210. The van der Waals surface area contributed by atoms with Crippen LogP contribution in [0.1, 0.15) is 27.4 Å². The fourth-order valence-corrected chi connectivity index (χ4v) is 2.59. The van der Waals surface area contributed by atoms with Crippen LogP contribution in [-0.4, -0.2) is 10.5 Å². The van der Waals surface area contributed by atoms with Crippen LogP contribution in [0.25, 0.3) is 0 Å². The minimum Gasteiger partial charge on any atom is -0.466 e. The Kier molecular flexibility index (Phi) is 4.33. The van der Waals surface area contributed by atoms with E-state index in [2.05, 4.69) is 5.32 Å². The van der Waals surface area contributed by atoms with Gasteiger partial charge >= 0.3 is 0 Å². The van der Waals surface area contributed by atoms with E-state index in [0.717, 1.165) is 5.56 Å². The summed E-state index contributed by atoms with van der Waals surface area (Å²) in [6.07, 6.45) is 1.74. The maximum atomic E-state index is 12.3. The first kappa shape index (κ1) is 15.8. The van der Waals surface area contributed by atoms with Gasteiger partial charge in [0.05, 0.1) is 12.1 Å². The third-order valence-electron chi connectivity index (χ3n) is 3.72. The molecular weight excluding hydrogens is 304 g/mol. The van der Waals surface area contributed by atoms with Crippen molar-refractivity contribution >= 4 is 11.6 Å². The molecule has 122 valence electrons. The first-order valence-corrected chi connectivity index (χ1v) is 7.66. The van der Waals surface area contributed by atoms with Crippen molar-refractivity contribution < 1.29 is 9.21 Å². The van der Waals surface area contributed by atoms with Gasteiger partial charge < -0.3 is 14.3 Å². The van der Waals surface area contributed by atoms with Gasteiger partial charge in [-0.1, -0.05) is 18.2 Å². The molecule has 0 radical (unpaired) electrons. The fourth-order valence-electron chi connectivity index (χ4n) is 2.59. The van der Waals surface area contributed by atoms with Gasteiger partial charge in [-0.25, -0.2) is 0 Å². The van der Waals surface area contributed by atoms with E-state index in [4.69, 9.17) is 4.42 Å². The highest BCUT2D eigenvalue weighted by atomic mass is 16.3. The van der Waals surface area contributed by atoms with Gasteiger partial charge in [-0.2, -0.15) is 0 Å². The van der Waals surface area contributed by atoms with Crippen molar-refractivity contribution in [2.24, 2.45) is 0 Å². The molecule has 0 atom stereocenters. The molecule has 0 aliphatic rings. The first-order valence-electron chi connectivity index (χ1n) is 7.66. The molecular formula is C19H18N2O3. The van der Waals surface area contributed by atoms with E-state index in [9.17, 15) is 9.59 Å². The number of hydrogen-bond acceptors (Lipinski definition) is 3. The van der Waals surface area contributed by atoms with Crippen molar-refractivity contribution in [3.63, 3.8) is 0 Å². The highest BCUT2D eigenvalue weighted by Gasteiger charge is 2.13. The summed E-state index contributed by atoms with van der Waals surface area (Å²) in [4.78, 5) is 24.1. The Morgan fingerprint density at radius 3 is 2.67 bits per heavy atom. The van der Waals surface area contributed by atoms with Crippen LogP contribution >= 0.6 is 0 Å². The normalized spacial score (nSPS) is 10.6. The van der Waals surface area contributed by atoms with Gasteiger partial charge in [0.2, 0.25) is 0 Å². The van der Waals surface area contributed by atoms with Crippen LogP contribution in [0.15, 0.2) is 63.9 Å².